The van der Waals surface area contributed by atoms with Crippen molar-refractivity contribution in [1.29, 1.82) is 0 Å². The van der Waals surface area contributed by atoms with E-state index in [1.165, 1.54) is 17.4 Å². The van der Waals surface area contributed by atoms with Crippen molar-refractivity contribution in [2.45, 2.75) is 55.9 Å². The number of halogens is 2. The van der Waals surface area contributed by atoms with Crippen molar-refractivity contribution in [1.82, 2.24) is 25.2 Å². The second-order valence-electron chi connectivity index (χ2n) is 12.1. The van der Waals surface area contributed by atoms with Gasteiger partial charge in [0.05, 0.1) is 16.1 Å². The van der Waals surface area contributed by atoms with Crippen LogP contribution in [0.4, 0.5) is 10.2 Å². The van der Waals surface area contributed by atoms with Crippen LogP contribution in [-0.2, 0) is 0 Å². The van der Waals surface area contributed by atoms with Crippen molar-refractivity contribution < 1.29 is 19.0 Å². The lowest BCUT2D eigenvalue weighted by Gasteiger charge is -2.34. The van der Waals surface area contributed by atoms with Gasteiger partial charge in [0, 0.05) is 49.6 Å². The monoisotopic (exact) mass is 620 g/mol. The third kappa shape index (κ3) is 4.72. The molecule has 2 unspecified atom stereocenters. The van der Waals surface area contributed by atoms with E-state index in [9.17, 15) is 9.50 Å². The van der Waals surface area contributed by atoms with Crippen LogP contribution in [-0.4, -0.2) is 81.5 Å². The zero-order valence-electron chi connectivity index (χ0n) is 23.4. The number of benzene rings is 2. The van der Waals surface area contributed by atoms with Crippen LogP contribution < -0.4 is 19.7 Å². The summed E-state index contributed by atoms with van der Waals surface area (Å²) in [5.74, 6) is 3.73. The van der Waals surface area contributed by atoms with Gasteiger partial charge in [0.25, 0.3) is 5.19 Å². The molecule has 0 spiro atoms. The zero-order chi connectivity index (χ0) is 29.3. The van der Waals surface area contributed by atoms with E-state index >= 15 is 0 Å². The fourth-order valence-corrected chi connectivity index (χ4v) is 8.42. The van der Waals surface area contributed by atoms with Gasteiger partial charge in [-0.15, -0.1) is 6.42 Å². The number of phenolic OH excluding ortho intramolecular Hbond substituents is 1. The van der Waals surface area contributed by atoms with Gasteiger partial charge in [-0.3, -0.25) is 4.90 Å². The molecule has 0 amide bonds. The Morgan fingerprint density at radius 3 is 2.84 bits per heavy atom. The smallest absolute Gasteiger partial charge is 0.319 e. The molecule has 2 bridgehead atoms. The van der Waals surface area contributed by atoms with Gasteiger partial charge >= 0.3 is 6.01 Å². The lowest BCUT2D eigenvalue weighted by atomic mass is 9.95. The minimum Gasteiger partial charge on any atom is -0.508 e. The van der Waals surface area contributed by atoms with E-state index in [0.717, 1.165) is 45.3 Å². The molecule has 4 fully saturated rings. The Balaban J connectivity index is 1.18. The number of piperazine rings is 1. The number of fused-ring (bicyclic) bond motifs is 5. The molecule has 2 aromatic carbocycles. The number of nitrogens with one attached hydrogen (secondary N) is 1. The molecule has 4 aliphatic rings. The summed E-state index contributed by atoms with van der Waals surface area (Å²) in [6.45, 7) is 3.31. The van der Waals surface area contributed by atoms with Gasteiger partial charge < -0.3 is 24.8 Å². The van der Waals surface area contributed by atoms with E-state index in [0.29, 0.717) is 80.1 Å². The molecule has 0 aliphatic carbocycles. The third-order valence-electron chi connectivity index (χ3n) is 9.30. The largest absolute Gasteiger partial charge is 0.508 e. The number of anilines is 1. The van der Waals surface area contributed by atoms with Gasteiger partial charge in [-0.05, 0) is 49.7 Å². The Labute approximate surface area is 257 Å². The van der Waals surface area contributed by atoms with Crippen LogP contribution in [0.1, 0.15) is 37.7 Å². The third-order valence-corrected chi connectivity index (χ3v) is 10.4. The van der Waals surface area contributed by atoms with E-state index in [-0.39, 0.29) is 17.3 Å². The molecular formula is C31H30ClFN6O3S. The highest BCUT2D eigenvalue weighted by Crippen LogP contribution is 2.43. The first-order chi connectivity index (χ1) is 20.9. The summed E-state index contributed by atoms with van der Waals surface area (Å²) in [4.78, 5) is 19.6. The molecule has 2 N–H and O–H groups in total. The average Bonchev–Trinajstić information content (AvgIpc) is 3.73. The number of terminal acetylenes is 1. The first-order valence-corrected chi connectivity index (χ1v) is 15.9. The predicted molar refractivity (Wildman–Crippen MR) is 165 cm³/mol. The molecule has 0 radical (unpaired) electrons. The number of alkyl halides is 1. The van der Waals surface area contributed by atoms with Gasteiger partial charge in [0.1, 0.15) is 29.8 Å². The number of aromatic nitrogens is 3. The maximum Gasteiger partial charge on any atom is 0.319 e. The second kappa shape index (κ2) is 10.3. The van der Waals surface area contributed by atoms with Crippen LogP contribution >= 0.6 is 22.9 Å². The van der Waals surface area contributed by atoms with Gasteiger partial charge in [0.15, 0.2) is 10.6 Å². The van der Waals surface area contributed by atoms with Crippen molar-refractivity contribution in [2.75, 3.05) is 37.7 Å². The van der Waals surface area contributed by atoms with Gasteiger partial charge in [-0.25, -0.2) is 4.39 Å². The minimum absolute atomic E-state index is 0.0316. The van der Waals surface area contributed by atoms with Gasteiger partial charge in [-0.2, -0.15) is 15.0 Å². The first-order valence-electron chi connectivity index (χ1n) is 14.7. The summed E-state index contributed by atoms with van der Waals surface area (Å²) in [6, 6.07) is 7.65. The zero-order valence-corrected chi connectivity index (χ0v) is 24.9. The van der Waals surface area contributed by atoms with E-state index in [2.05, 4.69) is 21.0 Å². The van der Waals surface area contributed by atoms with Crippen LogP contribution in [0.25, 0.3) is 21.1 Å². The highest BCUT2D eigenvalue weighted by Gasteiger charge is 2.49. The number of ether oxygens (including phenoxy) is 2. The van der Waals surface area contributed by atoms with Crippen molar-refractivity contribution in [3.05, 3.63) is 34.9 Å². The molecule has 4 aliphatic heterocycles. The molecule has 8 rings (SSSR count). The lowest BCUT2D eigenvalue weighted by Crippen LogP contribution is -2.51. The normalized spacial score (nSPS) is 26.7. The fraction of sp³-hybridized carbons (Fsp3) is 0.452. The summed E-state index contributed by atoms with van der Waals surface area (Å²) in [6.07, 6.45) is 9.64. The molecule has 9 nitrogen and oxygen atoms in total. The molecule has 0 saturated carbocycles. The summed E-state index contributed by atoms with van der Waals surface area (Å²) in [5, 5.41) is 16.2. The van der Waals surface area contributed by atoms with Gasteiger partial charge in [-0.1, -0.05) is 34.9 Å². The predicted octanol–water partition coefficient (Wildman–Crippen LogP) is 5.27. The first kappa shape index (κ1) is 27.1. The molecule has 2 aromatic heterocycles. The highest BCUT2D eigenvalue weighted by molar-refractivity contribution is 7.19. The van der Waals surface area contributed by atoms with Crippen molar-refractivity contribution in [2.24, 2.45) is 0 Å². The quantitative estimate of drug-likeness (QED) is 0.280. The Kier molecular flexibility index (Phi) is 6.53. The Hall–Kier alpha value is -3.43. The molecule has 222 valence electrons. The maximum absolute atomic E-state index is 14.4. The number of phenols is 1. The molecule has 43 heavy (non-hydrogen) atoms. The number of aromatic hydroxyl groups is 1. The number of rotatable bonds is 6. The van der Waals surface area contributed by atoms with Crippen LogP contribution in [0.5, 0.6) is 22.7 Å². The summed E-state index contributed by atoms with van der Waals surface area (Å²) in [7, 11) is 0. The molecule has 4 aromatic rings. The van der Waals surface area contributed by atoms with E-state index in [1.54, 1.807) is 18.2 Å². The summed E-state index contributed by atoms with van der Waals surface area (Å²) in [5.41, 5.74) is 0.796. The maximum atomic E-state index is 14.4. The number of hydrogen-bond acceptors (Lipinski definition) is 10. The van der Waals surface area contributed by atoms with Crippen LogP contribution in [0.2, 0.25) is 5.02 Å². The van der Waals surface area contributed by atoms with Crippen molar-refractivity contribution in [3.8, 4) is 35.0 Å². The van der Waals surface area contributed by atoms with Crippen LogP contribution in [0, 0.1) is 12.3 Å². The fourth-order valence-electron chi connectivity index (χ4n) is 7.42. The number of nitrogens with zero attached hydrogens (tertiary/aromatic N) is 5. The molecule has 6 heterocycles. The topological polar surface area (TPSA) is 95.9 Å². The number of thiazole rings is 1. The lowest BCUT2D eigenvalue weighted by molar-refractivity contribution is 0.107. The Morgan fingerprint density at radius 1 is 1.19 bits per heavy atom. The van der Waals surface area contributed by atoms with Crippen molar-refractivity contribution in [3.63, 3.8) is 0 Å². The Morgan fingerprint density at radius 2 is 2.02 bits per heavy atom. The average molecular weight is 621 g/mol. The van der Waals surface area contributed by atoms with E-state index in [4.69, 9.17) is 42.4 Å². The van der Waals surface area contributed by atoms with E-state index in [1.807, 2.05) is 0 Å². The SMILES string of the molecule is C#Cc1c(Cl)ccc2cc(O)cc(Oc3nc4c(N5CC6CCC(C5)N6)nc(OC[C@@]56CCCN5C[C@H](F)C6)nc4s3)c12. The summed E-state index contributed by atoms with van der Waals surface area (Å²) < 4.78 is 27.0. The second-order valence-corrected chi connectivity index (χ2v) is 13.4. The van der Waals surface area contributed by atoms with Crippen molar-refractivity contribution >= 4 is 49.9 Å². The Bertz CT molecular complexity index is 1790. The highest BCUT2D eigenvalue weighted by atomic mass is 35.5. The van der Waals surface area contributed by atoms with Crippen LogP contribution in [0.15, 0.2) is 24.3 Å². The molecule has 4 saturated heterocycles. The van der Waals surface area contributed by atoms with Gasteiger partial charge in [0.2, 0.25) is 0 Å². The van der Waals surface area contributed by atoms with E-state index < -0.39 is 6.17 Å². The standard InChI is InChI=1S/C31H30ClFN6O3S/c1-2-22-23(32)7-4-17-10-21(40)11-24(25(17)22)42-30-35-26-27(38-14-19-5-6-20(15-38)34-19)36-29(37-28(26)43-30)41-16-31-8-3-9-39(31)13-18(33)12-31/h1,4,7,10-11,18-20,34,40H,3,5-6,8-9,12-16H2/t18-,19?,20?,31+/m1/s1. The molecule has 4 atom stereocenters. The molecular weight excluding hydrogens is 591 g/mol. The number of hydrogen-bond donors (Lipinski definition) is 2. The molecule has 12 heteroatoms. The van der Waals surface area contributed by atoms with Crippen LogP contribution in [0.3, 0.4) is 0 Å². The minimum atomic E-state index is -0.834. The summed E-state index contributed by atoms with van der Waals surface area (Å²) >= 11 is 7.68.